The number of fused-ring (bicyclic) bond motifs is 2. The van der Waals surface area contributed by atoms with Crippen LogP contribution >= 0.6 is 0 Å². The molecule has 1 heterocycles. The molecule has 0 radical (unpaired) electrons. The lowest BCUT2D eigenvalue weighted by molar-refractivity contribution is 0.0846. The fourth-order valence-corrected chi connectivity index (χ4v) is 4.42. The van der Waals surface area contributed by atoms with Crippen molar-refractivity contribution in [1.82, 2.24) is 14.7 Å². The number of piperidine rings is 1. The number of hydrogen-bond acceptors (Lipinski definition) is 5. The zero-order valence-corrected chi connectivity index (χ0v) is 18.2. The van der Waals surface area contributed by atoms with E-state index in [1.54, 1.807) is 34.3 Å². The van der Waals surface area contributed by atoms with Gasteiger partial charge in [-0.25, -0.2) is 9.59 Å². The van der Waals surface area contributed by atoms with Gasteiger partial charge >= 0.3 is 12.2 Å². The van der Waals surface area contributed by atoms with Crippen molar-refractivity contribution >= 4 is 12.2 Å². The number of likely N-dealkylation sites (tertiary alicyclic amines) is 1. The van der Waals surface area contributed by atoms with Gasteiger partial charge in [-0.3, -0.25) is 4.90 Å². The van der Waals surface area contributed by atoms with Crippen LogP contribution in [-0.4, -0.2) is 74.2 Å². The number of carbonyl (C=O) groups excluding carboxylic acids is 2. The summed E-state index contributed by atoms with van der Waals surface area (Å²) in [6.07, 6.45) is 4.33. The van der Waals surface area contributed by atoms with Crippen LogP contribution < -0.4 is 9.47 Å². The van der Waals surface area contributed by atoms with E-state index in [1.807, 2.05) is 6.07 Å². The smallest absolute Gasteiger partial charge is 0.406 e. The van der Waals surface area contributed by atoms with Gasteiger partial charge in [-0.1, -0.05) is 13.0 Å². The fourth-order valence-electron chi connectivity index (χ4n) is 4.42. The minimum atomic E-state index is -0.493. The molecular formula is C22H33N3O4. The summed E-state index contributed by atoms with van der Waals surface area (Å²) in [4.78, 5) is 29.8. The first-order valence-corrected chi connectivity index (χ1v) is 10.5. The van der Waals surface area contributed by atoms with Crippen molar-refractivity contribution in [2.45, 2.75) is 45.1 Å². The third kappa shape index (κ3) is 4.66. The Kier molecular flexibility index (Phi) is 6.67. The lowest BCUT2D eigenvalue weighted by atomic mass is 9.75. The highest BCUT2D eigenvalue weighted by molar-refractivity contribution is 5.75. The largest absolute Gasteiger partial charge is 0.414 e. The van der Waals surface area contributed by atoms with E-state index < -0.39 is 12.2 Å². The van der Waals surface area contributed by atoms with E-state index in [4.69, 9.17) is 9.47 Å². The molecule has 7 nitrogen and oxygen atoms in total. The van der Waals surface area contributed by atoms with Crippen LogP contribution in [-0.2, 0) is 12.8 Å². The van der Waals surface area contributed by atoms with Crippen LogP contribution in [0, 0.1) is 5.92 Å². The molecule has 1 fully saturated rings. The molecule has 160 valence electrons. The first-order chi connectivity index (χ1) is 13.8. The van der Waals surface area contributed by atoms with E-state index in [1.165, 1.54) is 28.2 Å². The average molecular weight is 404 g/mol. The molecule has 1 aliphatic carbocycles. The molecule has 1 aromatic rings. The second kappa shape index (κ2) is 9.03. The molecular weight excluding hydrogens is 370 g/mol. The first-order valence-electron chi connectivity index (χ1n) is 10.5. The Balaban J connectivity index is 1.97. The number of carbonyl (C=O) groups is 2. The predicted octanol–water partition coefficient (Wildman–Crippen LogP) is 3.40. The van der Waals surface area contributed by atoms with E-state index in [-0.39, 0.29) is 0 Å². The molecule has 0 spiro atoms. The van der Waals surface area contributed by atoms with Gasteiger partial charge in [0.2, 0.25) is 0 Å². The van der Waals surface area contributed by atoms with Gasteiger partial charge in [0.15, 0.2) is 11.5 Å². The maximum Gasteiger partial charge on any atom is 0.414 e. The lowest BCUT2D eigenvalue weighted by Gasteiger charge is -2.45. The van der Waals surface area contributed by atoms with Gasteiger partial charge in [0.1, 0.15) is 0 Å². The van der Waals surface area contributed by atoms with E-state index in [9.17, 15) is 9.59 Å². The Morgan fingerprint density at radius 1 is 1.07 bits per heavy atom. The van der Waals surface area contributed by atoms with E-state index in [0.717, 1.165) is 37.9 Å². The van der Waals surface area contributed by atoms with Gasteiger partial charge in [0, 0.05) is 39.8 Å². The number of hydrogen-bond donors (Lipinski definition) is 0. The van der Waals surface area contributed by atoms with Crippen molar-refractivity contribution in [3.63, 3.8) is 0 Å². The highest BCUT2D eigenvalue weighted by Gasteiger charge is 2.37. The van der Waals surface area contributed by atoms with Gasteiger partial charge in [0.05, 0.1) is 0 Å². The molecule has 7 heteroatoms. The number of amides is 2. The molecule has 3 rings (SSSR count). The second-order valence-corrected chi connectivity index (χ2v) is 8.47. The lowest BCUT2D eigenvalue weighted by Crippen LogP contribution is -2.49. The van der Waals surface area contributed by atoms with Gasteiger partial charge in [-0.05, 0) is 62.7 Å². The minimum absolute atomic E-state index is 0.303. The van der Waals surface area contributed by atoms with Gasteiger partial charge in [-0.2, -0.15) is 0 Å². The summed E-state index contributed by atoms with van der Waals surface area (Å²) in [5.41, 5.74) is 2.18. The van der Waals surface area contributed by atoms with Crippen LogP contribution in [0.15, 0.2) is 12.1 Å². The zero-order chi connectivity index (χ0) is 21.1. The molecule has 0 aromatic heterocycles. The maximum absolute atomic E-state index is 12.3. The number of ether oxygens (including phenoxy) is 2. The normalized spacial score (nSPS) is 21.0. The molecule has 0 unspecified atom stereocenters. The molecule has 0 bridgehead atoms. The molecule has 0 N–H and O–H groups in total. The van der Waals surface area contributed by atoms with Crippen molar-refractivity contribution in [2.24, 2.45) is 5.92 Å². The maximum atomic E-state index is 12.3. The standard InChI is InChI=1S/C22H33N3O4/c1-6-11-25-12-7-8-16-13-17-15(14-18(16)25)9-10-19(28-21(26)23(2)3)20(17)29-22(27)24(4)5/h9-10,16,18H,6-8,11-14H2,1-5H3/t16-,18-/m1/s1. The summed E-state index contributed by atoms with van der Waals surface area (Å²) in [7, 11) is 6.54. The molecule has 2 aliphatic rings. The van der Waals surface area contributed by atoms with Crippen molar-refractivity contribution < 1.29 is 19.1 Å². The number of nitrogens with zero attached hydrogens (tertiary/aromatic N) is 3. The van der Waals surface area contributed by atoms with Crippen molar-refractivity contribution in [2.75, 3.05) is 41.3 Å². The van der Waals surface area contributed by atoms with E-state index >= 15 is 0 Å². The van der Waals surface area contributed by atoms with Crippen molar-refractivity contribution in [3.05, 3.63) is 23.3 Å². The van der Waals surface area contributed by atoms with Gasteiger partial charge in [0.25, 0.3) is 0 Å². The van der Waals surface area contributed by atoms with Crippen LogP contribution in [0.2, 0.25) is 0 Å². The Hall–Kier alpha value is -2.28. The van der Waals surface area contributed by atoms with Crippen LogP contribution in [0.25, 0.3) is 0 Å². The highest BCUT2D eigenvalue weighted by Crippen LogP contribution is 2.43. The van der Waals surface area contributed by atoms with Crippen LogP contribution in [0.3, 0.4) is 0 Å². The van der Waals surface area contributed by atoms with E-state index in [0.29, 0.717) is 23.5 Å². The minimum Gasteiger partial charge on any atom is -0.406 e. The monoisotopic (exact) mass is 403 g/mol. The Bertz CT molecular complexity index is 761. The number of rotatable bonds is 4. The quantitative estimate of drug-likeness (QED) is 0.771. The summed E-state index contributed by atoms with van der Waals surface area (Å²) < 4.78 is 11.2. The van der Waals surface area contributed by atoms with Crippen LogP contribution in [0.4, 0.5) is 9.59 Å². The van der Waals surface area contributed by atoms with Crippen molar-refractivity contribution in [1.29, 1.82) is 0 Å². The van der Waals surface area contributed by atoms with Gasteiger partial charge in [-0.15, -0.1) is 0 Å². The molecule has 29 heavy (non-hydrogen) atoms. The van der Waals surface area contributed by atoms with Crippen molar-refractivity contribution in [3.8, 4) is 11.5 Å². The summed E-state index contributed by atoms with van der Waals surface area (Å²) in [5.74, 6) is 1.22. The third-order valence-corrected chi connectivity index (χ3v) is 5.88. The summed E-state index contributed by atoms with van der Waals surface area (Å²) in [5, 5.41) is 0. The number of benzene rings is 1. The molecule has 1 aromatic carbocycles. The molecule has 0 saturated carbocycles. The SMILES string of the molecule is CCCN1CCC[C@@H]2Cc3c(ccc(OC(=O)N(C)C)c3OC(=O)N(C)C)C[C@H]21. The predicted molar refractivity (Wildman–Crippen MR) is 112 cm³/mol. The fraction of sp³-hybridized carbons (Fsp3) is 0.636. The highest BCUT2D eigenvalue weighted by atomic mass is 16.6. The van der Waals surface area contributed by atoms with Gasteiger partial charge < -0.3 is 19.3 Å². The Morgan fingerprint density at radius 2 is 1.76 bits per heavy atom. The third-order valence-electron chi connectivity index (χ3n) is 5.88. The summed E-state index contributed by atoms with van der Waals surface area (Å²) in [6, 6.07) is 4.31. The Labute approximate surface area is 173 Å². The zero-order valence-electron chi connectivity index (χ0n) is 18.2. The molecule has 2 amide bonds. The molecule has 1 aliphatic heterocycles. The molecule has 2 atom stereocenters. The molecule has 1 saturated heterocycles. The first kappa shape index (κ1) is 21.4. The average Bonchev–Trinajstić information content (AvgIpc) is 2.68. The van der Waals surface area contributed by atoms with E-state index in [2.05, 4.69) is 11.8 Å². The van der Waals surface area contributed by atoms with Crippen LogP contribution in [0.5, 0.6) is 11.5 Å². The summed E-state index contributed by atoms with van der Waals surface area (Å²) in [6.45, 7) is 4.51. The summed E-state index contributed by atoms with van der Waals surface area (Å²) >= 11 is 0. The second-order valence-electron chi connectivity index (χ2n) is 8.47. The topological polar surface area (TPSA) is 62.3 Å². The Morgan fingerprint density at radius 3 is 2.41 bits per heavy atom. The van der Waals surface area contributed by atoms with Crippen LogP contribution in [0.1, 0.15) is 37.3 Å².